The number of ether oxygens (including phenoxy) is 1. The summed E-state index contributed by atoms with van der Waals surface area (Å²) in [5.41, 5.74) is 1.53. The summed E-state index contributed by atoms with van der Waals surface area (Å²) in [5, 5.41) is 8.04. The van der Waals surface area contributed by atoms with Crippen LogP contribution >= 0.6 is 0 Å². The molecular weight excluding hydrogens is 330 g/mol. The predicted molar refractivity (Wildman–Crippen MR) is 83.5 cm³/mol. The molecule has 1 amide bonds. The van der Waals surface area contributed by atoms with Gasteiger partial charge in [0, 0.05) is 19.5 Å². The normalized spacial score (nSPS) is 22.4. The second kappa shape index (κ2) is 6.51. The average Bonchev–Trinajstić information content (AvgIpc) is 3.11. The number of fused-ring (bicyclic) bond motifs is 3. The highest BCUT2D eigenvalue weighted by Gasteiger charge is 2.37. The molecule has 25 heavy (non-hydrogen) atoms. The van der Waals surface area contributed by atoms with Gasteiger partial charge >= 0.3 is 0 Å². The fourth-order valence-electron chi connectivity index (χ4n) is 3.51. The molecule has 1 saturated heterocycles. The van der Waals surface area contributed by atoms with E-state index in [4.69, 9.17) is 4.74 Å². The Bertz CT molecular complexity index is 795. The molecule has 1 aromatic heterocycles. The van der Waals surface area contributed by atoms with Gasteiger partial charge in [-0.05, 0) is 30.5 Å². The summed E-state index contributed by atoms with van der Waals surface area (Å²) in [6.45, 7) is 1.65. The molecule has 0 N–H and O–H groups in total. The summed E-state index contributed by atoms with van der Waals surface area (Å²) in [5.74, 6) is -1.77. The van der Waals surface area contributed by atoms with Crippen LogP contribution in [0.15, 0.2) is 24.4 Å². The molecular formula is C17H18F2N4O2. The number of benzene rings is 1. The van der Waals surface area contributed by atoms with Crippen molar-refractivity contribution in [2.24, 2.45) is 0 Å². The van der Waals surface area contributed by atoms with E-state index in [1.165, 1.54) is 6.07 Å². The molecule has 2 aliphatic rings. The van der Waals surface area contributed by atoms with Crippen molar-refractivity contribution in [3.8, 4) is 0 Å². The van der Waals surface area contributed by atoms with Gasteiger partial charge in [0.15, 0.2) is 11.6 Å². The Morgan fingerprint density at radius 1 is 1.32 bits per heavy atom. The maximum absolute atomic E-state index is 13.3. The topological polar surface area (TPSA) is 60.3 Å². The summed E-state index contributed by atoms with van der Waals surface area (Å²) in [6, 6.07) is 3.72. The maximum atomic E-state index is 13.3. The van der Waals surface area contributed by atoms with E-state index in [1.807, 2.05) is 4.68 Å². The van der Waals surface area contributed by atoms with Crippen LogP contribution in [-0.4, -0.2) is 45.0 Å². The van der Waals surface area contributed by atoms with E-state index in [1.54, 1.807) is 11.1 Å². The quantitative estimate of drug-likeness (QED) is 0.850. The fourth-order valence-corrected chi connectivity index (χ4v) is 3.51. The molecule has 8 heteroatoms. The van der Waals surface area contributed by atoms with E-state index in [0.717, 1.165) is 24.2 Å². The third-order valence-corrected chi connectivity index (χ3v) is 4.89. The fraction of sp³-hybridized carbons (Fsp3) is 0.471. The number of hydrogen-bond acceptors (Lipinski definition) is 4. The van der Waals surface area contributed by atoms with Crippen molar-refractivity contribution in [1.82, 2.24) is 19.9 Å². The summed E-state index contributed by atoms with van der Waals surface area (Å²) in [6.07, 6.45) is 3.12. The molecule has 0 saturated carbocycles. The van der Waals surface area contributed by atoms with Crippen molar-refractivity contribution in [3.05, 3.63) is 47.3 Å². The first kappa shape index (κ1) is 16.1. The van der Waals surface area contributed by atoms with Gasteiger partial charge in [-0.25, -0.2) is 13.5 Å². The Labute approximate surface area is 143 Å². The second-order valence-corrected chi connectivity index (χ2v) is 6.46. The molecule has 2 aromatic rings. The molecule has 0 aliphatic carbocycles. The smallest absolute Gasteiger partial charge is 0.222 e. The highest BCUT2D eigenvalue weighted by Crippen LogP contribution is 2.30. The summed E-state index contributed by atoms with van der Waals surface area (Å²) in [4.78, 5) is 14.3. The zero-order valence-corrected chi connectivity index (χ0v) is 13.6. The van der Waals surface area contributed by atoms with E-state index in [0.29, 0.717) is 31.7 Å². The van der Waals surface area contributed by atoms with Gasteiger partial charge in [0.05, 0.1) is 30.6 Å². The van der Waals surface area contributed by atoms with Gasteiger partial charge in [-0.2, -0.15) is 0 Å². The second-order valence-electron chi connectivity index (χ2n) is 6.46. The Hall–Kier alpha value is -2.35. The minimum Gasteiger partial charge on any atom is -0.370 e. The lowest BCUT2D eigenvalue weighted by molar-refractivity contribution is -0.138. The Kier molecular flexibility index (Phi) is 4.20. The zero-order valence-electron chi connectivity index (χ0n) is 13.6. The molecule has 4 rings (SSSR count). The molecule has 0 spiro atoms. The number of likely N-dealkylation sites (tertiary alicyclic amines) is 1. The Morgan fingerprint density at radius 2 is 2.20 bits per heavy atom. The number of amides is 1. The SMILES string of the molecule is O=C(CCc1ccc(F)c(F)c1)N1CC[C@@H]2OCc3cnnn3[C@H]2C1. The lowest BCUT2D eigenvalue weighted by atomic mass is 9.99. The maximum Gasteiger partial charge on any atom is 0.222 e. The minimum absolute atomic E-state index is 0.00424. The van der Waals surface area contributed by atoms with Crippen molar-refractivity contribution in [1.29, 1.82) is 0 Å². The highest BCUT2D eigenvalue weighted by molar-refractivity contribution is 5.76. The third kappa shape index (κ3) is 3.13. The number of piperidine rings is 1. The van der Waals surface area contributed by atoms with Crippen LogP contribution in [0.5, 0.6) is 0 Å². The van der Waals surface area contributed by atoms with Crippen molar-refractivity contribution >= 4 is 5.91 Å². The van der Waals surface area contributed by atoms with Crippen molar-refractivity contribution in [2.75, 3.05) is 13.1 Å². The van der Waals surface area contributed by atoms with E-state index in [2.05, 4.69) is 10.3 Å². The predicted octanol–water partition coefficient (Wildman–Crippen LogP) is 1.86. The standard InChI is InChI=1S/C17H18F2N4O2/c18-13-3-1-11(7-14(13)19)2-4-17(24)22-6-5-16-15(9-22)23-12(10-25-16)8-20-21-23/h1,3,7-8,15-16H,2,4-6,9-10H2/t15-,16-/m0/s1. The number of rotatable bonds is 3. The lowest BCUT2D eigenvalue weighted by Gasteiger charge is -2.41. The Morgan fingerprint density at radius 3 is 3.04 bits per heavy atom. The lowest BCUT2D eigenvalue weighted by Crippen LogP contribution is -2.49. The third-order valence-electron chi connectivity index (χ3n) is 4.89. The van der Waals surface area contributed by atoms with Gasteiger partial charge in [0.25, 0.3) is 0 Å². The van der Waals surface area contributed by atoms with Crippen LogP contribution in [0.4, 0.5) is 8.78 Å². The molecule has 2 atom stereocenters. The largest absolute Gasteiger partial charge is 0.370 e. The van der Waals surface area contributed by atoms with Crippen LogP contribution in [-0.2, 0) is 22.6 Å². The minimum atomic E-state index is -0.885. The van der Waals surface area contributed by atoms with Crippen molar-refractivity contribution < 1.29 is 18.3 Å². The number of aryl methyl sites for hydroxylation is 1. The number of carbonyl (C=O) groups excluding carboxylic acids is 1. The monoisotopic (exact) mass is 348 g/mol. The van der Waals surface area contributed by atoms with E-state index in [-0.39, 0.29) is 24.5 Å². The van der Waals surface area contributed by atoms with E-state index < -0.39 is 11.6 Å². The van der Waals surface area contributed by atoms with Crippen molar-refractivity contribution in [2.45, 2.75) is 38.0 Å². The van der Waals surface area contributed by atoms with Gasteiger partial charge in [0.2, 0.25) is 5.91 Å². The molecule has 6 nitrogen and oxygen atoms in total. The van der Waals surface area contributed by atoms with Crippen LogP contribution in [0.1, 0.15) is 30.1 Å². The summed E-state index contributed by atoms with van der Waals surface area (Å²) < 4.78 is 33.9. The number of nitrogens with zero attached hydrogens (tertiary/aromatic N) is 4. The van der Waals surface area contributed by atoms with Crippen LogP contribution in [0, 0.1) is 11.6 Å². The first-order valence-corrected chi connectivity index (χ1v) is 8.34. The van der Waals surface area contributed by atoms with Gasteiger partial charge in [0.1, 0.15) is 0 Å². The Balaban J connectivity index is 1.39. The summed E-state index contributed by atoms with van der Waals surface area (Å²) >= 11 is 0. The number of hydrogen-bond donors (Lipinski definition) is 0. The molecule has 0 radical (unpaired) electrons. The summed E-state index contributed by atoms with van der Waals surface area (Å²) in [7, 11) is 0. The van der Waals surface area contributed by atoms with Gasteiger partial charge in [-0.1, -0.05) is 11.3 Å². The van der Waals surface area contributed by atoms with Gasteiger partial charge < -0.3 is 9.64 Å². The highest BCUT2D eigenvalue weighted by atomic mass is 19.2. The van der Waals surface area contributed by atoms with Crippen LogP contribution in [0.2, 0.25) is 0 Å². The molecule has 1 fully saturated rings. The molecule has 132 valence electrons. The molecule has 0 bridgehead atoms. The van der Waals surface area contributed by atoms with E-state index >= 15 is 0 Å². The van der Waals surface area contributed by atoms with Crippen molar-refractivity contribution in [3.63, 3.8) is 0 Å². The van der Waals surface area contributed by atoms with E-state index in [9.17, 15) is 13.6 Å². The number of aromatic nitrogens is 3. The van der Waals surface area contributed by atoms with Crippen LogP contribution in [0.3, 0.4) is 0 Å². The van der Waals surface area contributed by atoms with Gasteiger partial charge in [-0.15, -0.1) is 5.10 Å². The van der Waals surface area contributed by atoms with Gasteiger partial charge in [-0.3, -0.25) is 4.79 Å². The zero-order chi connectivity index (χ0) is 17.4. The first-order chi connectivity index (χ1) is 12.1. The van der Waals surface area contributed by atoms with Crippen LogP contribution in [0.25, 0.3) is 0 Å². The average molecular weight is 348 g/mol. The number of halogens is 2. The molecule has 2 aliphatic heterocycles. The molecule has 1 aromatic carbocycles. The first-order valence-electron chi connectivity index (χ1n) is 8.34. The molecule has 3 heterocycles. The van der Waals surface area contributed by atoms with Crippen LogP contribution < -0.4 is 0 Å². The number of carbonyl (C=O) groups is 1. The molecule has 0 unspecified atom stereocenters.